The van der Waals surface area contributed by atoms with Crippen molar-refractivity contribution in [3.05, 3.63) is 18.6 Å². The fraction of sp³-hybridized carbons (Fsp3) is 0.364. The van der Waals surface area contributed by atoms with Crippen LogP contribution in [0.4, 0.5) is 10.5 Å². The van der Waals surface area contributed by atoms with Gasteiger partial charge in [0.25, 0.3) is 0 Å². The Balaban J connectivity index is 2.21. The molecule has 92 valence electrons. The summed E-state index contributed by atoms with van der Waals surface area (Å²) in [6.07, 6.45) is 4.12. The number of hydrogen-bond donors (Lipinski definition) is 1. The highest BCUT2D eigenvalue weighted by atomic mass is 16.6. The van der Waals surface area contributed by atoms with E-state index in [1.54, 1.807) is 33.2 Å². The summed E-state index contributed by atoms with van der Waals surface area (Å²) in [5.41, 5.74) is 0.649. The molecule has 6 nitrogen and oxygen atoms in total. The average Bonchev–Trinajstić information content (AvgIpc) is 2.68. The maximum atomic E-state index is 11.6. The predicted octanol–water partition coefficient (Wildman–Crippen LogP) is 0.870. The van der Waals surface area contributed by atoms with Gasteiger partial charge < -0.3 is 4.74 Å². The predicted molar refractivity (Wildman–Crippen MR) is 68.2 cm³/mol. The van der Waals surface area contributed by atoms with Crippen molar-refractivity contribution in [3.63, 3.8) is 0 Å². The molecule has 0 atom stereocenters. The highest BCUT2D eigenvalue weighted by Gasteiger charge is 2.17. The van der Waals surface area contributed by atoms with E-state index in [1.165, 1.54) is 10.7 Å². The van der Waals surface area contributed by atoms with Crippen LogP contribution in [0, 0.1) is 0 Å². The Morgan fingerprint density at radius 3 is 2.89 bits per heavy atom. The fourth-order valence-electron chi connectivity index (χ4n) is 1.41. The molecule has 0 spiro atoms. The number of amides is 1. The SMILES string of the molecule is [B]c1c(NC(=O)OC(C)(C)C)cnn2ccnc12. The molecular weight excluding hydrogens is 231 g/mol. The summed E-state index contributed by atoms with van der Waals surface area (Å²) in [5.74, 6) is 0. The monoisotopic (exact) mass is 244 g/mol. The van der Waals surface area contributed by atoms with Gasteiger partial charge in [0.05, 0.1) is 11.9 Å². The molecule has 7 heteroatoms. The Labute approximate surface area is 106 Å². The van der Waals surface area contributed by atoms with Gasteiger partial charge in [-0.25, -0.2) is 14.3 Å². The van der Waals surface area contributed by atoms with Crippen molar-refractivity contribution in [2.45, 2.75) is 26.4 Å². The zero-order chi connectivity index (χ0) is 13.3. The molecule has 2 radical (unpaired) electrons. The van der Waals surface area contributed by atoms with Crippen molar-refractivity contribution in [1.29, 1.82) is 0 Å². The third-order valence-electron chi connectivity index (χ3n) is 2.10. The minimum atomic E-state index is -0.577. The summed E-state index contributed by atoms with van der Waals surface area (Å²) in [5, 5.41) is 6.60. The number of hydrogen-bond acceptors (Lipinski definition) is 4. The van der Waals surface area contributed by atoms with Gasteiger partial charge in [0.15, 0.2) is 0 Å². The van der Waals surface area contributed by atoms with E-state index in [2.05, 4.69) is 15.4 Å². The van der Waals surface area contributed by atoms with E-state index in [9.17, 15) is 4.79 Å². The molecule has 0 aliphatic rings. The zero-order valence-corrected chi connectivity index (χ0v) is 10.5. The fourth-order valence-corrected chi connectivity index (χ4v) is 1.41. The van der Waals surface area contributed by atoms with Crippen LogP contribution in [0.5, 0.6) is 0 Å². The van der Waals surface area contributed by atoms with E-state index < -0.39 is 11.7 Å². The van der Waals surface area contributed by atoms with E-state index in [0.29, 0.717) is 16.8 Å². The third kappa shape index (κ3) is 2.61. The standard InChI is InChI=1S/C11H13BN4O2/c1-11(2,3)18-10(17)15-7-6-14-16-5-4-13-9(16)8(7)12/h4-6H,1-3H3,(H,15,17). The van der Waals surface area contributed by atoms with Crippen LogP contribution in [0.1, 0.15) is 20.8 Å². The minimum Gasteiger partial charge on any atom is -0.444 e. The minimum absolute atomic E-state index is 0.348. The lowest BCUT2D eigenvalue weighted by Crippen LogP contribution is -2.29. The second-order valence-corrected chi connectivity index (χ2v) is 4.79. The van der Waals surface area contributed by atoms with Crippen LogP contribution in [0.15, 0.2) is 18.6 Å². The number of anilines is 1. The van der Waals surface area contributed by atoms with Crippen molar-refractivity contribution < 1.29 is 9.53 Å². The van der Waals surface area contributed by atoms with E-state index in [1.807, 2.05) is 0 Å². The molecule has 0 saturated carbocycles. The smallest absolute Gasteiger partial charge is 0.412 e. The zero-order valence-electron chi connectivity index (χ0n) is 10.5. The summed E-state index contributed by atoms with van der Waals surface area (Å²) in [6.45, 7) is 5.35. The molecule has 0 aromatic carbocycles. The Morgan fingerprint density at radius 2 is 2.22 bits per heavy atom. The van der Waals surface area contributed by atoms with Crippen LogP contribution in [-0.4, -0.2) is 34.1 Å². The second-order valence-electron chi connectivity index (χ2n) is 4.79. The first kappa shape index (κ1) is 12.4. The van der Waals surface area contributed by atoms with Crippen molar-refractivity contribution >= 4 is 30.7 Å². The molecule has 0 aliphatic carbocycles. The summed E-state index contributed by atoms with van der Waals surface area (Å²) in [7, 11) is 5.88. The molecule has 2 heterocycles. The highest BCUT2D eigenvalue weighted by molar-refractivity contribution is 6.40. The van der Waals surface area contributed by atoms with Gasteiger partial charge in [-0.15, -0.1) is 0 Å². The Morgan fingerprint density at radius 1 is 1.50 bits per heavy atom. The quantitative estimate of drug-likeness (QED) is 0.755. The summed E-state index contributed by atoms with van der Waals surface area (Å²) < 4.78 is 6.65. The Bertz CT molecular complexity index is 588. The maximum absolute atomic E-state index is 11.6. The van der Waals surface area contributed by atoms with Crippen molar-refractivity contribution in [2.24, 2.45) is 0 Å². The van der Waals surface area contributed by atoms with Gasteiger partial charge in [-0.05, 0) is 26.2 Å². The number of fused-ring (bicyclic) bond motifs is 1. The van der Waals surface area contributed by atoms with Crippen LogP contribution in [0.25, 0.3) is 5.65 Å². The number of nitrogens with one attached hydrogen (secondary N) is 1. The highest BCUT2D eigenvalue weighted by Crippen LogP contribution is 2.10. The summed E-state index contributed by atoms with van der Waals surface area (Å²) in [6, 6.07) is 0. The van der Waals surface area contributed by atoms with Gasteiger partial charge >= 0.3 is 6.09 Å². The average molecular weight is 244 g/mol. The number of aromatic nitrogens is 3. The lowest BCUT2D eigenvalue weighted by Gasteiger charge is -2.20. The topological polar surface area (TPSA) is 68.5 Å². The van der Waals surface area contributed by atoms with Gasteiger partial charge in [-0.1, -0.05) is 0 Å². The number of carbonyl (C=O) groups is 1. The van der Waals surface area contributed by atoms with Gasteiger partial charge in [-0.2, -0.15) is 5.10 Å². The van der Waals surface area contributed by atoms with Gasteiger partial charge in [0.1, 0.15) is 19.1 Å². The number of carbonyl (C=O) groups excluding carboxylic acids is 1. The largest absolute Gasteiger partial charge is 0.444 e. The van der Waals surface area contributed by atoms with Crippen LogP contribution >= 0.6 is 0 Å². The first-order valence-corrected chi connectivity index (χ1v) is 5.44. The Kier molecular flexibility index (Phi) is 2.98. The number of imidazole rings is 1. The molecule has 0 fully saturated rings. The molecule has 1 amide bonds. The Hall–Kier alpha value is -2.05. The number of rotatable bonds is 1. The van der Waals surface area contributed by atoms with E-state index in [4.69, 9.17) is 12.6 Å². The second kappa shape index (κ2) is 4.32. The van der Waals surface area contributed by atoms with Crippen molar-refractivity contribution in [2.75, 3.05) is 5.32 Å². The number of nitrogens with zero attached hydrogens (tertiary/aromatic N) is 3. The lowest BCUT2D eigenvalue weighted by molar-refractivity contribution is 0.0636. The van der Waals surface area contributed by atoms with Crippen molar-refractivity contribution in [1.82, 2.24) is 14.6 Å². The number of ether oxygens (including phenoxy) is 1. The molecule has 18 heavy (non-hydrogen) atoms. The van der Waals surface area contributed by atoms with Gasteiger partial charge in [0, 0.05) is 12.4 Å². The molecule has 2 rings (SSSR count). The van der Waals surface area contributed by atoms with Crippen LogP contribution in [0.2, 0.25) is 0 Å². The third-order valence-corrected chi connectivity index (χ3v) is 2.10. The first-order valence-electron chi connectivity index (χ1n) is 5.44. The maximum Gasteiger partial charge on any atom is 0.412 e. The molecule has 0 aliphatic heterocycles. The van der Waals surface area contributed by atoms with Crippen molar-refractivity contribution in [3.8, 4) is 0 Å². The molecule has 1 N–H and O–H groups in total. The molecule has 0 saturated heterocycles. The lowest BCUT2D eigenvalue weighted by atomic mass is 9.96. The van der Waals surface area contributed by atoms with Crippen LogP contribution in [-0.2, 0) is 4.74 Å². The van der Waals surface area contributed by atoms with E-state index in [0.717, 1.165) is 0 Å². The molecule has 0 bridgehead atoms. The van der Waals surface area contributed by atoms with E-state index >= 15 is 0 Å². The molecule has 2 aromatic heterocycles. The summed E-state index contributed by atoms with van der Waals surface area (Å²) >= 11 is 0. The molecule has 2 aromatic rings. The summed E-state index contributed by atoms with van der Waals surface area (Å²) in [4.78, 5) is 15.7. The first-order chi connectivity index (χ1) is 8.37. The van der Waals surface area contributed by atoms with Gasteiger partial charge in [-0.3, -0.25) is 5.32 Å². The molecular formula is C11H13BN4O2. The van der Waals surface area contributed by atoms with Crippen LogP contribution in [0.3, 0.4) is 0 Å². The van der Waals surface area contributed by atoms with E-state index in [-0.39, 0.29) is 0 Å². The molecule has 0 unspecified atom stereocenters. The van der Waals surface area contributed by atoms with Gasteiger partial charge in [0.2, 0.25) is 0 Å². The normalized spacial score (nSPS) is 11.5. The van der Waals surface area contributed by atoms with Crippen LogP contribution < -0.4 is 10.8 Å².